The molecule has 1 atom stereocenters. The van der Waals surface area contributed by atoms with Crippen LogP contribution in [0, 0.1) is 25.2 Å². The zero-order chi connectivity index (χ0) is 19.2. The summed E-state index contributed by atoms with van der Waals surface area (Å²) < 4.78 is 6.04. The molecule has 28 heavy (non-hydrogen) atoms. The third-order valence-corrected chi connectivity index (χ3v) is 4.88. The Morgan fingerprint density at radius 2 is 2.00 bits per heavy atom. The Labute approximate surface area is 184 Å². The van der Waals surface area contributed by atoms with Crippen molar-refractivity contribution in [3.05, 3.63) is 70.3 Å². The number of benzene rings is 2. The molecule has 1 unspecified atom stereocenters. The summed E-state index contributed by atoms with van der Waals surface area (Å²) >= 11 is 0. The smallest absolute Gasteiger partial charge is 0.194 e. The van der Waals surface area contributed by atoms with Gasteiger partial charge in [0, 0.05) is 20.1 Å². The van der Waals surface area contributed by atoms with Crippen molar-refractivity contribution < 1.29 is 4.74 Å². The predicted molar refractivity (Wildman–Crippen MR) is 123 cm³/mol. The van der Waals surface area contributed by atoms with Gasteiger partial charge in [-0.25, -0.2) is 0 Å². The van der Waals surface area contributed by atoms with Crippen LogP contribution in [0.4, 0.5) is 0 Å². The van der Waals surface area contributed by atoms with E-state index in [1.807, 2.05) is 31.3 Å². The Kier molecular flexibility index (Phi) is 8.27. The molecule has 2 aromatic carbocycles. The molecule has 2 aromatic rings. The minimum absolute atomic E-state index is 0. The first-order valence-corrected chi connectivity index (χ1v) is 9.24. The number of hydrogen-bond donors (Lipinski definition) is 1. The summed E-state index contributed by atoms with van der Waals surface area (Å²) in [7, 11) is 1.81. The molecule has 0 aliphatic carbocycles. The van der Waals surface area contributed by atoms with Crippen LogP contribution in [0.3, 0.4) is 0 Å². The van der Waals surface area contributed by atoms with E-state index in [2.05, 4.69) is 53.3 Å². The highest BCUT2D eigenvalue weighted by Crippen LogP contribution is 2.25. The summed E-state index contributed by atoms with van der Waals surface area (Å²) in [6.07, 6.45) is 0.0489. The third-order valence-electron chi connectivity index (χ3n) is 4.88. The van der Waals surface area contributed by atoms with Crippen LogP contribution in [-0.2, 0) is 11.3 Å². The molecular formula is C22H27IN4O. The second-order valence-corrected chi connectivity index (χ2v) is 6.87. The van der Waals surface area contributed by atoms with E-state index in [0.29, 0.717) is 18.7 Å². The molecule has 0 amide bonds. The molecule has 148 valence electrons. The number of ether oxygens (including phenoxy) is 1. The van der Waals surface area contributed by atoms with Gasteiger partial charge in [0.05, 0.1) is 24.8 Å². The molecule has 0 saturated carbocycles. The number of hydrogen-bond acceptors (Lipinski definition) is 3. The van der Waals surface area contributed by atoms with Gasteiger partial charge in [-0.1, -0.05) is 35.9 Å². The summed E-state index contributed by atoms with van der Waals surface area (Å²) in [6.45, 7) is 7.19. The van der Waals surface area contributed by atoms with E-state index in [1.165, 1.54) is 16.7 Å². The first-order chi connectivity index (χ1) is 13.1. The number of nitriles is 1. The molecule has 1 fully saturated rings. The zero-order valence-corrected chi connectivity index (χ0v) is 18.9. The quantitative estimate of drug-likeness (QED) is 0.403. The maximum absolute atomic E-state index is 8.91. The highest BCUT2D eigenvalue weighted by molar-refractivity contribution is 14.0. The summed E-state index contributed by atoms with van der Waals surface area (Å²) in [5.41, 5.74) is 5.57. The molecule has 1 heterocycles. The Morgan fingerprint density at radius 1 is 1.25 bits per heavy atom. The standard InChI is InChI=1S/C22H26N4O.HI/c1-16-4-9-20(17(2)12-16)21-15-26(10-11-27-21)22(24-3)25-14-19-7-5-18(13-23)6-8-19;/h4-9,12,21H,10-11,14-15H2,1-3H3,(H,24,25);1H. The van der Waals surface area contributed by atoms with Crippen LogP contribution in [0.5, 0.6) is 0 Å². The maximum Gasteiger partial charge on any atom is 0.194 e. The van der Waals surface area contributed by atoms with Crippen molar-refractivity contribution in [1.29, 1.82) is 5.26 Å². The van der Waals surface area contributed by atoms with Gasteiger partial charge in [-0.2, -0.15) is 5.26 Å². The van der Waals surface area contributed by atoms with Crippen LogP contribution in [0.1, 0.15) is 33.9 Å². The molecule has 0 radical (unpaired) electrons. The van der Waals surface area contributed by atoms with Gasteiger partial charge in [-0.15, -0.1) is 24.0 Å². The predicted octanol–water partition coefficient (Wildman–Crippen LogP) is 3.94. The third kappa shape index (κ3) is 5.46. The molecule has 5 nitrogen and oxygen atoms in total. The number of rotatable bonds is 3. The van der Waals surface area contributed by atoms with Gasteiger partial charge in [0.2, 0.25) is 0 Å². The lowest BCUT2D eigenvalue weighted by molar-refractivity contribution is -0.00834. The van der Waals surface area contributed by atoms with Crippen molar-refractivity contribution in [2.75, 3.05) is 26.7 Å². The second kappa shape index (κ2) is 10.4. The Morgan fingerprint density at radius 3 is 2.64 bits per heavy atom. The average molecular weight is 490 g/mol. The van der Waals surface area contributed by atoms with E-state index in [4.69, 9.17) is 10.00 Å². The summed E-state index contributed by atoms with van der Waals surface area (Å²) in [4.78, 5) is 6.70. The van der Waals surface area contributed by atoms with Gasteiger partial charge in [0.25, 0.3) is 0 Å². The second-order valence-electron chi connectivity index (χ2n) is 6.87. The molecule has 3 rings (SSSR count). The van der Waals surface area contributed by atoms with Crippen LogP contribution in [0.15, 0.2) is 47.5 Å². The van der Waals surface area contributed by atoms with Crippen molar-refractivity contribution in [3.8, 4) is 6.07 Å². The van der Waals surface area contributed by atoms with E-state index in [-0.39, 0.29) is 30.1 Å². The van der Waals surface area contributed by atoms with Crippen LogP contribution in [0.25, 0.3) is 0 Å². The SMILES string of the molecule is CN=C(NCc1ccc(C#N)cc1)N1CCOC(c2ccc(C)cc2C)C1.I. The van der Waals surface area contributed by atoms with Crippen molar-refractivity contribution in [3.63, 3.8) is 0 Å². The highest BCUT2D eigenvalue weighted by Gasteiger charge is 2.25. The van der Waals surface area contributed by atoms with Crippen molar-refractivity contribution in [1.82, 2.24) is 10.2 Å². The summed E-state index contributed by atoms with van der Waals surface area (Å²) in [5, 5.41) is 12.3. The first-order valence-electron chi connectivity index (χ1n) is 9.24. The van der Waals surface area contributed by atoms with Gasteiger partial charge in [0.15, 0.2) is 5.96 Å². The molecule has 1 aliphatic heterocycles. The Balaban J connectivity index is 0.00000280. The number of morpholine rings is 1. The summed E-state index contributed by atoms with van der Waals surface area (Å²) in [6, 6.07) is 16.3. The van der Waals surface area contributed by atoms with Crippen molar-refractivity contribution in [2.45, 2.75) is 26.5 Å². The lowest BCUT2D eigenvalue weighted by atomic mass is 10.00. The highest BCUT2D eigenvalue weighted by atomic mass is 127. The van der Waals surface area contributed by atoms with Gasteiger partial charge in [0.1, 0.15) is 6.10 Å². The number of aryl methyl sites for hydroxylation is 2. The fourth-order valence-electron chi connectivity index (χ4n) is 3.43. The number of nitrogens with zero attached hydrogens (tertiary/aromatic N) is 3. The van der Waals surface area contributed by atoms with Gasteiger partial charge < -0.3 is 15.0 Å². The van der Waals surface area contributed by atoms with Gasteiger partial charge in [-0.05, 0) is 42.7 Å². The Bertz CT molecular complexity index is 858. The molecule has 1 N–H and O–H groups in total. The van der Waals surface area contributed by atoms with Crippen molar-refractivity contribution in [2.24, 2.45) is 4.99 Å². The minimum Gasteiger partial charge on any atom is -0.370 e. The number of nitrogens with one attached hydrogen (secondary N) is 1. The average Bonchev–Trinajstić information content (AvgIpc) is 2.69. The first kappa shape index (κ1) is 22.2. The number of aliphatic imine (C=N–C) groups is 1. The monoisotopic (exact) mass is 490 g/mol. The molecule has 0 aromatic heterocycles. The zero-order valence-electron chi connectivity index (χ0n) is 16.6. The lowest BCUT2D eigenvalue weighted by Crippen LogP contribution is -2.48. The normalized spacial score (nSPS) is 16.9. The molecule has 6 heteroatoms. The topological polar surface area (TPSA) is 60.7 Å². The largest absolute Gasteiger partial charge is 0.370 e. The van der Waals surface area contributed by atoms with Crippen LogP contribution >= 0.6 is 24.0 Å². The van der Waals surface area contributed by atoms with Crippen molar-refractivity contribution >= 4 is 29.9 Å². The lowest BCUT2D eigenvalue weighted by Gasteiger charge is -2.36. The molecular weight excluding hydrogens is 463 g/mol. The van der Waals surface area contributed by atoms with E-state index < -0.39 is 0 Å². The van der Waals surface area contributed by atoms with Crippen LogP contribution in [0.2, 0.25) is 0 Å². The van der Waals surface area contributed by atoms with Gasteiger partial charge >= 0.3 is 0 Å². The number of halogens is 1. The van der Waals surface area contributed by atoms with Gasteiger partial charge in [-0.3, -0.25) is 4.99 Å². The molecule has 1 saturated heterocycles. The van der Waals surface area contributed by atoms with E-state index in [9.17, 15) is 0 Å². The van der Waals surface area contributed by atoms with Crippen LogP contribution in [-0.4, -0.2) is 37.6 Å². The van der Waals surface area contributed by atoms with E-state index >= 15 is 0 Å². The van der Waals surface area contributed by atoms with E-state index in [0.717, 1.165) is 24.6 Å². The minimum atomic E-state index is 0. The number of guanidine groups is 1. The molecule has 0 spiro atoms. The Hall–Kier alpha value is -2.11. The van der Waals surface area contributed by atoms with E-state index in [1.54, 1.807) is 0 Å². The van der Waals surface area contributed by atoms with Crippen LogP contribution < -0.4 is 5.32 Å². The fraction of sp³-hybridized carbons (Fsp3) is 0.364. The molecule has 0 bridgehead atoms. The molecule has 1 aliphatic rings. The fourth-order valence-corrected chi connectivity index (χ4v) is 3.43. The maximum atomic E-state index is 8.91. The summed E-state index contributed by atoms with van der Waals surface area (Å²) in [5.74, 6) is 0.873.